The lowest BCUT2D eigenvalue weighted by Crippen LogP contribution is -2.39. The Bertz CT molecular complexity index is 903. The number of aromatic nitrogens is 4. The maximum Gasteiger partial charge on any atom is 0.321 e. The number of likely N-dealkylation sites (N-methyl/N-ethyl adjacent to an activating group) is 1. The molecular weight excluding hydrogens is 316 g/mol. The zero-order valence-corrected chi connectivity index (χ0v) is 14.9. The van der Waals surface area contributed by atoms with Gasteiger partial charge < -0.3 is 10.2 Å². The number of anilines is 1. The second-order valence-corrected chi connectivity index (χ2v) is 6.28. The normalized spacial score (nSPS) is 12.2. The lowest BCUT2D eigenvalue weighted by molar-refractivity contribution is 0.207. The van der Waals surface area contributed by atoms with Crippen LogP contribution in [0.15, 0.2) is 36.5 Å². The van der Waals surface area contributed by atoms with Crippen LogP contribution in [0.1, 0.15) is 18.2 Å². The molecule has 0 fully saturated rings. The van der Waals surface area contributed by atoms with Gasteiger partial charge in [-0.2, -0.15) is 15.0 Å². The minimum absolute atomic E-state index is 0.00959. The number of nitrogens with one attached hydrogen (secondary N) is 1. The Morgan fingerprint density at radius 1 is 1.32 bits per heavy atom. The Kier molecular flexibility index (Phi) is 4.65. The maximum absolute atomic E-state index is 12.6. The third kappa shape index (κ3) is 3.76. The van der Waals surface area contributed by atoms with Crippen molar-refractivity contribution in [2.75, 3.05) is 12.4 Å². The highest BCUT2D eigenvalue weighted by Gasteiger charge is 2.18. The molecule has 0 saturated carbocycles. The maximum atomic E-state index is 12.6. The molecule has 25 heavy (non-hydrogen) atoms. The number of benzene rings is 1. The van der Waals surface area contributed by atoms with Crippen LogP contribution in [0.2, 0.25) is 0 Å². The highest BCUT2D eigenvalue weighted by molar-refractivity contribution is 5.98. The van der Waals surface area contributed by atoms with Crippen LogP contribution in [0.3, 0.4) is 0 Å². The fourth-order valence-electron chi connectivity index (χ4n) is 2.69. The number of nitrogens with zero attached hydrogens (tertiary/aromatic N) is 5. The van der Waals surface area contributed by atoms with Gasteiger partial charge in [0.15, 0.2) is 0 Å². The molecule has 7 nitrogen and oxygen atoms in total. The lowest BCUT2D eigenvalue weighted by atomic mass is 10.1. The topological polar surface area (TPSA) is 75.9 Å². The largest absolute Gasteiger partial charge is 0.324 e. The second-order valence-electron chi connectivity index (χ2n) is 6.28. The first-order valence-corrected chi connectivity index (χ1v) is 8.19. The van der Waals surface area contributed by atoms with Crippen molar-refractivity contribution in [2.45, 2.75) is 26.3 Å². The molecule has 0 bridgehead atoms. The summed E-state index contributed by atoms with van der Waals surface area (Å²) >= 11 is 0. The smallest absolute Gasteiger partial charge is 0.321 e. The summed E-state index contributed by atoms with van der Waals surface area (Å²) in [5.41, 5.74) is 4.23. The summed E-state index contributed by atoms with van der Waals surface area (Å²) in [5, 5.41) is 11.5. The van der Waals surface area contributed by atoms with E-state index >= 15 is 0 Å². The van der Waals surface area contributed by atoms with E-state index in [-0.39, 0.29) is 12.1 Å². The number of carbonyl (C=O) groups is 1. The fraction of sp³-hybridized carbons (Fsp3) is 0.333. The van der Waals surface area contributed by atoms with Crippen LogP contribution in [0, 0.1) is 6.92 Å². The fourth-order valence-corrected chi connectivity index (χ4v) is 2.69. The van der Waals surface area contributed by atoms with Crippen molar-refractivity contribution in [3.05, 3.63) is 47.8 Å². The van der Waals surface area contributed by atoms with Gasteiger partial charge in [0, 0.05) is 38.4 Å². The van der Waals surface area contributed by atoms with Gasteiger partial charge >= 0.3 is 6.03 Å². The van der Waals surface area contributed by atoms with Crippen molar-refractivity contribution >= 4 is 22.8 Å². The predicted octanol–water partition coefficient (Wildman–Crippen LogP) is 2.77. The van der Waals surface area contributed by atoms with E-state index in [2.05, 4.69) is 20.5 Å². The molecule has 3 aromatic rings. The molecule has 1 aromatic carbocycles. The lowest BCUT2D eigenvalue weighted by Gasteiger charge is -2.25. The molecule has 0 aliphatic rings. The van der Waals surface area contributed by atoms with Crippen LogP contribution in [-0.2, 0) is 13.5 Å². The quantitative estimate of drug-likeness (QED) is 0.793. The number of carbonyl (C=O) groups excluding carboxylic acids is 1. The number of hydrogen-bond acceptors (Lipinski definition) is 4. The van der Waals surface area contributed by atoms with Gasteiger partial charge in [0.25, 0.3) is 0 Å². The van der Waals surface area contributed by atoms with Crippen LogP contribution >= 0.6 is 0 Å². The molecule has 1 unspecified atom stereocenters. The summed E-state index contributed by atoms with van der Waals surface area (Å²) in [7, 11) is 3.54. The van der Waals surface area contributed by atoms with Gasteiger partial charge in [-0.15, -0.1) is 0 Å². The van der Waals surface area contributed by atoms with Crippen molar-refractivity contribution < 1.29 is 4.79 Å². The van der Waals surface area contributed by atoms with Gasteiger partial charge in [-0.25, -0.2) is 4.79 Å². The van der Waals surface area contributed by atoms with Crippen molar-refractivity contribution in [1.82, 2.24) is 24.9 Å². The molecule has 1 atom stereocenters. The van der Waals surface area contributed by atoms with Crippen molar-refractivity contribution in [3.63, 3.8) is 0 Å². The van der Waals surface area contributed by atoms with E-state index in [1.165, 1.54) is 10.4 Å². The van der Waals surface area contributed by atoms with Crippen molar-refractivity contribution in [3.8, 4) is 0 Å². The average Bonchev–Trinajstić information content (AvgIpc) is 2.95. The highest BCUT2D eigenvalue weighted by atomic mass is 16.2. The number of amides is 2. The van der Waals surface area contributed by atoms with Gasteiger partial charge in [-0.05, 0) is 43.7 Å². The van der Waals surface area contributed by atoms with E-state index in [1.54, 1.807) is 25.2 Å². The Labute approximate surface area is 146 Å². The van der Waals surface area contributed by atoms with Crippen LogP contribution in [0.25, 0.3) is 11.0 Å². The third-order valence-corrected chi connectivity index (χ3v) is 4.21. The van der Waals surface area contributed by atoms with Gasteiger partial charge in [0.2, 0.25) is 0 Å². The Balaban J connectivity index is 1.71. The zero-order chi connectivity index (χ0) is 18.0. The number of aryl methyl sites for hydroxylation is 2. The number of urea groups is 1. The van der Waals surface area contributed by atoms with Crippen LogP contribution in [-0.4, -0.2) is 44.0 Å². The van der Waals surface area contributed by atoms with E-state index in [4.69, 9.17) is 0 Å². The Morgan fingerprint density at radius 2 is 2.12 bits per heavy atom. The van der Waals surface area contributed by atoms with Crippen molar-refractivity contribution in [2.24, 2.45) is 7.05 Å². The Morgan fingerprint density at radius 3 is 2.88 bits per heavy atom. The molecule has 2 aromatic heterocycles. The van der Waals surface area contributed by atoms with Crippen LogP contribution < -0.4 is 5.32 Å². The van der Waals surface area contributed by atoms with E-state index in [9.17, 15) is 4.79 Å². The highest BCUT2D eigenvalue weighted by Crippen LogP contribution is 2.20. The summed E-state index contributed by atoms with van der Waals surface area (Å²) in [6.07, 6.45) is 2.49. The minimum Gasteiger partial charge on any atom is -0.324 e. The zero-order valence-electron chi connectivity index (χ0n) is 14.9. The monoisotopic (exact) mass is 338 g/mol. The number of pyridine rings is 1. The van der Waals surface area contributed by atoms with Gasteiger partial charge in [0.05, 0.1) is 5.69 Å². The van der Waals surface area contributed by atoms with E-state index in [0.29, 0.717) is 17.6 Å². The molecule has 0 saturated heterocycles. The SMILES string of the molecule is Cc1ccnc(CC(C)N(C)C(=O)Nc2cccc3nn(C)nc23)c1. The molecule has 2 amide bonds. The van der Waals surface area contributed by atoms with E-state index < -0.39 is 0 Å². The van der Waals surface area contributed by atoms with Gasteiger partial charge in [-0.1, -0.05) is 6.07 Å². The van der Waals surface area contributed by atoms with Crippen molar-refractivity contribution in [1.29, 1.82) is 0 Å². The number of rotatable bonds is 4. The van der Waals surface area contributed by atoms with Gasteiger partial charge in [-0.3, -0.25) is 4.98 Å². The summed E-state index contributed by atoms with van der Waals surface area (Å²) in [6.45, 7) is 4.04. The summed E-state index contributed by atoms with van der Waals surface area (Å²) in [6, 6.07) is 9.39. The second kappa shape index (κ2) is 6.88. The van der Waals surface area contributed by atoms with Crippen LogP contribution in [0.5, 0.6) is 0 Å². The number of fused-ring (bicyclic) bond motifs is 1. The molecule has 3 rings (SSSR count). The standard InChI is InChI=1S/C18H22N6O/c1-12-8-9-19-14(10-12)11-13(2)23(3)18(25)20-15-6-5-7-16-17(15)22-24(4)21-16/h5-10,13H,11H2,1-4H3,(H,20,25). The summed E-state index contributed by atoms with van der Waals surface area (Å²) < 4.78 is 0. The number of hydrogen-bond donors (Lipinski definition) is 1. The van der Waals surface area contributed by atoms with Gasteiger partial charge in [0.1, 0.15) is 11.0 Å². The molecule has 1 N–H and O–H groups in total. The van der Waals surface area contributed by atoms with E-state index in [0.717, 1.165) is 11.2 Å². The molecular formula is C18H22N6O. The first-order chi connectivity index (χ1) is 11.9. The minimum atomic E-state index is -0.182. The molecule has 0 aliphatic carbocycles. The summed E-state index contributed by atoms with van der Waals surface area (Å²) in [4.78, 5) is 20.1. The third-order valence-electron chi connectivity index (χ3n) is 4.21. The van der Waals surface area contributed by atoms with E-state index in [1.807, 2.05) is 44.2 Å². The Hall–Kier alpha value is -2.96. The predicted molar refractivity (Wildman–Crippen MR) is 97.4 cm³/mol. The first-order valence-electron chi connectivity index (χ1n) is 8.19. The first kappa shape index (κ1) is 16.9. The molecule has 2 heterocycles. The van der Waals surface area contributed by atoms with Crippen LogP contribution in [0.4, 0.5) is 10.5 Å². The molecule has 0 radical (unpaired) electrons. The average molecular weight is 338 g/mol. The summed E-state index contributed by atoms with van der Waals surface area (Å²) in [5.74, 6) is 0. The molecule has 0 aliphatic heterocycles. The molecule has 7 heteroatoms. The molecule has 0 spiro atoms. The molecule has 130 valence electrons.